The number of carbonyl (C=O) groups excluding carboxylic acids is 1. The van der Waals surface area contributed by atoms with Crippen molar-refractivity contribution in [1.29, 1.82) is 0 Å². The largest absolute Gasteiger partial charge is 0.477 e. The summed E-state index contributed by atoms with van der Waals surface area (Å²) in [6.45, 7) is 1.44. The Morgan fingerprint density at radius 1 is 1.36 bits per heavy atom. The molecule has 1 unspecified atom stereocenters. The van der Waals surface area contributed by atoms with Crippen molar-refractivity contribution in [2.75, 3.05) is 6.61 Å². The standard InChI is InChI=1S/C16H16ClN3O2/c17-12-3-2-10-7-13(8-11(10)6-12)19-15(21)14-9-18-20-4-1-5-22-16(14)20/h2-3,6,9,13H,1,4-5,7-8H2,(H,19,21). The Bertz CT molecular complexity index is 741. The number of amides is 1. The minimum Gasteiger partial charge on any atom is -0.477 e. The van der Waals surface area contributed by atoms with E-state index >= 15 is 0 Å². The van der Waals surface area contributed by atoms with E-state index in [-0.39, 0.29) is 11.9 Å². The molecule has 2 aromatic rings. The third-order valence-corrected chi connectivity index (χ3v) is 4.46. The van der Waals surface area contributed by atoms with Gasteiger partial charge >= 0.3 is 0 Å². The first-order valence-corrected chi connectivity index (χ1v) is 7.85. The van der Waals surface area contributed by atoms with Crippen molar-refractivity contribution in [2.24, 2.45) is 0 Å². The Balaban J connectivity index is 1.49. The Morgan fingerprint density at radius 3 is 3.14 bits per heavy atom. The number of fused-ring (bicyclic) bond motifs is 2. The molecule has 0 saturated carbocycles. The molecule has 1 amide bonds. The summed E-state index contributed by atoms with van der Waals surface area (Å²) >= 11 is 6.02. The van der Waals surface area contributed by atoms with Gasteiger partial charge in [-0.3, -0.25) is 4.79 Å². The molecule has 0 fully saturated rings. The number of halogens is 1. The lowest BCUT2D eigenvalue weighted by Gasteiger charge is -2.17. The summed E-state index contributed by atoms with van der Waals surface area (Å²) in [4.78, 5) is 12.5. The zero-order valence-electron chi connectivity index (χ0n) is 12.0. The van der Waals surface area contributed by atoms with Crippen molar-refractivity contribution >= 4 is 17.5 Å². The minimum absolute atomic E-state index is 0.0973. The number of rotatable bonds is 2. The molecule has 0 spiro atoms. The third kappa shape index (κ3) is 2.35. The van der Waals surface area contributed by atoms with Crippen LogP contribution < -0.4 is 10.1 Å². The maximum absolute atomic E-state index is 12.5. The van der Waals surface area contributed by atoms with Crippen LogP contribution in [0.2, 0.25) is 5.02 Å². The van der Waals surface area contributed by atoms with Gasteiger partial charge in [0.25, 0.3) is 5.91 Å². The highest BCUT2D eigenvalue weighted by Crippen LogP contribution is 2.27. The average Bonchev–Trinajstić information content (AvgIpc) is 3.09. The summed E-state index contributed by atoms with van der Waals surface area (Å²) in [7, 11) is 0. The van der Waals surface area contributed by atoms with Gasteiger partial charge in [-0.15, -0.1) is 0 Å². The molecule has 0 radical (unpaired) electrons. The lowest BCUT2D eigenvalue weighted by molar-refractivity contribution is 0.0932. The summed E-state index contributed by atoms with van der Waals surface area (Å²) in [5, 5.41) is 8.04. The normalized spacial score (nSPS) is 19.2. The van der Waals surface area contributed by atoms with Crippen LogP contribution in [0.5, 0.6) is 5.88 Å². The van der Waals surface area contributed by atoms with Gasteiger partial charge in [0.15, 0.2) is 0 Å². The fraction of sp³-hybridized carbons (Fsp3) is 0.375. The monoisotopic (exact) mass is 317 g/mol. The van der Waals surface area contributed by atoms with Crippen molar-refractivity contribution in [3.63, 3.8) is 0 Å². The summed E-state index contributed by atoms with van der Waals surface area (Å²) in [5.74, 6) is 0.467. The number of nitrogens with zero attached hydrogens (tertiary/aromatic N) is 2. The van der Waals surface area contributed by atoms with Crippen LogP contribution >= 0.6 is 11.6 Å². The molecule has 1 aliphatic heterocycles. The second kappa shape index (κ2) is 5.32. The van der Waals surface area contributed by atoms with Gasteiger partial charge in [0.1, 0.15) is 5.56 Å². The lowest BCUT2D eigenvalue weighted by Crippen LogP contribution is -2.35. The van der Waals surface area contributed by atoms with Crippen molar-refractivity contribution in [1.82, 2.24) is 15.1 Å². The van der Waals surface area contributed by atoms with Crippen LogP contribution in [0.3, 0.4) is 0 Å². The van der Waals surface area contributed by atoms with Crippen LogP contribution in [0, 0.1) is 0 Å². The smallest absolute Gasteiger partial charge is 0.258 e. The van der Waals surface area contributed by atoms with Gasteiger partial charge in [-0.25, -0.2) is 4.68 Å². The third-order valence-electron chi connectivity index (χ3n) is 4.22. The molecule has 1 atom stereocenters. The Morgan fingerprint density at radius 2 is 2.23 bits per heavy atom. The number of benzene rings is 1. The molecule has 1 N–H and O–H groups in total. The second-order valence-corrected chi connectivity index (χ2v) is 6.22. The molecule has 114 valence electrons. The number of carbonyl (C=O) groups is 1. The van der Waals surface area contributed by atoms with E-state index < -0.39 is 0 Å². The van der Waals surface area contributed by atoms with E-state index in [1.54, 1.807) is 10.9 Å². The van der Waals surface area contributed by atoms with Crippen molar-refractivity contribution in [2.45, 2.75) is 31.8 Å². The van der Waals surface area contributed by atoms with Gasteiger partial charge in [-0.2, -0.15) is 5.10 Å². The first kappa shape index (κ1) is 13.6. The van der Waals surface area contributed by atoms with Gasteiger partial charge < -0.3 is 10.1 Å². The van der Waals surface area contributed by atoms with Crippen molar-refractivity contribution in [3.8, 4) is 5.88 Å². The van der Waals surface area contributed by atoms with Gasteiger partial charge in [0.05, 0.1) is 12.8 Å². The van der Waals surface area contributed by atoms with Crippen molar-refractivity contribution < 1.29 is 9.53 Å². The molecular formula is C16H16ClN3O2. The molecule has 1 aromatic carbocycles. The average molecular weight is 318 g/mol. The molecule has 5 nitrogen and oxygen atoms in total. The van der Waals surface area contributed by atoms with Gasteiger partial charge in [0.2, 0.25) is 5.88 Å². The molecule has 22 heavy (non-hydrogen) atoms. The molecule has 0 saturated heterocycles. The van der Waals surface area contributed by atoms with Gasteiger partial charge in [-0.1, -0.05) is 17.7 Å². The Labute approximate surface area is 133 Å². The highest BCUT2D eigenvalue weighted by atomic mass is 35.5. The number of hydrogen-bond donors (Lipinski definition) is 1. The summed E-state index contributed by atoms with van der Waals surface area (Å²) in [6.07, 6.45) is 4.16. The zero-order valence-corrected chi connectivity index (χ0v) is 12.8. The van der Waals surface area contributed by atoms with Crippen LogP contribution in [0.1, 0.15) is 27.9 Å². The maximum atomic E-state index is 12.5. The van der Waals surface area contributed by atoms with E-state index in [1.165, 1.54) is 11.1 Å². The van der Waals surface area contributed by atoms with E-state index in [0.717, 1.165) is 30.8 Å². The molecule has 2 aliphatic rings. The van der Waals surface area contributed by atoms with E-state index in [0.29, 0.717) is 18.1 Å². The fourth-order valence-corrected chi connectivity index (χ4v) is 3.37. The molecule has 1 aromatic heterocycles. The fourth-order valence-electron chi connectivity index (χ4n) is 3.18. The number of ether oxygens (including phenoxy) is 1. The molecule has 1 aliphatic carbocycles. The van der Waals surface area contributed by atoms with E-state index in [4.69, 9.17) is 16.3 Å². The van der Waals surface area contributed by atoms with Gasteiger partial charge in [0, 0.05) is 24.0 Å². The summed E-state index contributed by atoms with van der Waals surface area (Å²) < 4.78 is 7.33. The number of aryl methyl sites for hydroxylation is 1. The molecular weight excluding hydrogens is 302 g/mol. The second-order valence-electron chi connectivity index (χ2n) is 5.78. The summed E-state index contributed by atoms with van der Waals surface area (Å²) in [6, 6.07) is 6.01. The molecule has 4 rings (SSSR count). The minimum atomic E-state index is -0.118. The highest BCUT2D eigenvalue weighted by Gasteiger charge is 2.27. The van der Waals surface area contributed by atoms with Gasteiger partial charge in [-0.05, 0) is 36.1 Å². The first-order valence-electron chi connectivity index (χ1n) is 7.47. The maximum Gasteiger partial charge on any atom is 0.258 e. The summed E-state index contributed by atoms with van der Waals surface area (Å²) in [5.41, 5.74) is 2.99. The van der Waals surface area contributed by atoms with E-state index in [2.05, 4.69) is 10.4 Å². The zero-order chi connectivity index (χ0) is 15.1. The lowest BCUT2D eigenvalue weighted by atomic mass is 10.1. The van der Waals surface area contributed by atoms with Crippen LogP contribution in [-0.2, 0) is 19.4 Å². The number of hydrogen-bond acceptors (Lipinski definition) is 3. The van der Waals surface area contributed by atoms with Crippen molar-refractivity contribution in [3.05, 3.63) is 46.1 Å². The molecule has 6 heteroatoms. The number of nitrogens with one attached hydrogen (secondary N) is 1. The molecule has 2 heterocycles. The predicted molar refractivity (Wildman–Crippen MR) is 82.5 cm³/mol. The Hall–Kier alpha value is -2.01. The highest BCUT2D eigenvalue weighted by molar-refractivity contribution is 6.30. The first-order chi connectivity index (χ1) is 10.7. The molecule has 0 bridgehead atoms. The van der Waals surface area contributed by atoms with E-state index in [1.807, 2.05) is 18.2 Å². The van der Waals surface area contributed by atoms with Crippen LogP contribution in [0.25, 0.3) is 0 Å². The Kier molecular flexibility index (Phi) is 3.30. The quantitative estimate of drug-likeness (QED) is 0.924. The predicted octanol–water partition coefficient (Wildman–Crippen LogP) is 2.22. The topological polar surface area (TPSA) is 56.2 Å². The number of aromatic nitrogens is 2. The van der Waals surface area contributed by atoms with Crippen LogP contribution in [0.15, 0.2) is 24.4 Å². The van der Waals surface area contributed by atoms with Crippen LogP contribution in [0.4, 0.5) is 0 Å². The van der Waals surface area contributed by atoms with Crippen LogP contribution in [-0.4, -0.2) is 28.3 Å². The SMILES string of the molecule is O=C(NC1Cc2ccc(Cl)cc2C1)c1cnn2c1OCCC2. The van der Waals surface area contributed by atoms with E-state index in [9.17, 15) is 4.79 Å².